The summed E-state index contributed by atoms with van der Waals surface area (Å²) in [5.74, 6) is 0. The van der Waals surface area contributed by atoms with Gasteiger partial charge in [-0.2, -0.15) is 0 Å². The van der Waals surface area contributed by atoms with Gasteiger partial charge in [0, 0.05) is 18.8 Å². The van der Waals surface area contributed by atoms with E-state index >= 15 is 0 Å². The molecule has 0 aliphatic heterocycles. The molecule has 0 bridgehead atoms. The number of nitrogens with one attached hydrogen (secondary N) is 1. The van der Waals surface area contributed by atoms with Crippen molar-refractivity contribution in [3.05, 3.63) is 65.0 Å². The molecule has 0 saturated carbocycles. The molecule has 0 radical (unpaired) electrons. The topological polar surface area (TPSA) is 24.9 Å². The monoisotopic (exact) mass is 268 g/mol. The van der Waals surface area contributed by atoms with Crippen LogP contribution < -0.4 is 5.32 Å². The summed E-state index contributed by atoms with van der Waals surface area (Å²) < 4.78 is 0. The fourth-order valence-electron chi connectivity index (χ4n) is 2.36. The van der Waals surface area contributed by atoms with E-state index < -0.39 is 0 Å². The van der Waals surface area contributed by atoms with Gasteiger partial charge in [0.05, 0.1) is 5.69 Å². The molecule has 2 rings (SSSR count). The van der Waals surface area contributed by atoms with Gasteiger partial charge in [-0.05, 0) is 42.5 Å². The zero-order chi connectivity index (χ0) is 14.4. The molecule has 2 heteroatoms. The van der Waals surface area contributed by atoms with E-state index in [1.54, 1.807) is 0 Å². The molecule has 0 amide bonds. The van der Waals surface area contributed by atoms with Crippen LogP contribution in [0.25, 0.3) is 0 Å². The second-order valence-electron chi connectivity index (χ2n) is 5.16. The Bertz CT molecular complexity index is 531. The molecule has 1 heterocycles. The Morgan fingerprint density at radius 3 is 2.45 bits per heavy atom. The second-order valence-corrected chi connectivity index (χ2v) is 5.16. The van der Waals surface area contributed by atoms with Crippen LogP contribution in [0.3, 0.4) is 0 Å². The number of rotatable bonds is 6. The molecule has 1 aromatic heterocycles. The highest BCUT2D eigenvalue weighted by Crippen LogP contribution is 2.15. The van der Waals surface area contributed by atoms with Gasteiger partial charge < -0.3 is 5.32 Å². The van der Waals surface area contributed by atoms with Gasteiger partial charge in [0.1, 0.15) is 0 Å². The number of aromatic nitrogens is 1. The number of hydrogen-bond acceptors (Lipinski definition) is 2. The van der Waals surface area contributed by atoms with Crippen molar-refractivity contribution < 1.29 is 0 Å². The van der Waals surface area contributed by atoms with E-state index in [0.29, 0.717) is 6.04 Å². The van der Waals surface area contributed by atoms with Crippen molar-refractivity contribution in [2.24, 2.45) is 0 Å². The van der Waals surface area contributed by atoms with Gasteiger partial charge in [0.25, 0.3) is 0 Å². The maximum absolute atomic E-state index is 4.48. The average molecular weight is 268 g/mol. The molecule has 1 aromatic carbocycles. The summed E-state index contributed by atoms with van der Waals surface area (Å²) >= 11 is 0. The molecule has 0 aliphatic carbocycles. The Hall–Kier alpha value is -1.67. The van der Waals surface area contributed by atoms with Gasteiger partial charge in [-0.15, -0.1) is 0 Å². The minimum Gasteiger partial charge on any atom is -0.305 e. The molecule has 2 aromatic rings. The van der Waals surface area contributed by atoms with E-state index in [-0.39, 0.29) is 0 Å². The molecular weight excluding hydrogens is 244 g/mol. The van der Waals surface area contributed by atoms with Gasteiger partial charge in [0.15, 0.2) is 0 Å². The maximum Gasteiger partial charge on any atom is 0.0573 e. The number of benzene rings is 1. The second kappa shape index (κ2) is 7.20. The van der Waals surface area contributed by atoms with Crippen molar-refractivity contribution in [2.45, 2.75) is 46.2 Å². The summed E-state index contributed by atoms with van der Waals surface area (Å²) in [5.41, 5.74) is 5.20. The van der Waals surface area contributed by atoms with Gasteiger partial charge in [-0.25, -0.2) is 0 Å². The highest BCUT2D eigenvalue weighted by atomic mass is 14.9. The van der Waals surface area contributed by atoms with Crippen LogP contribution in [-0.4, -0.2) is 4.98 Å². The van der Waals surface area contributed by atoms with Crippen molar-refractivity contribution in [1.82, 2.24) is 10.3 Å². The average Bonchev–Trinajstić information content (AvgIpc) is 2.53. The molecule has 1 atom stereocenters. The number of aryl methyl sites for hydroxylation is 2. The van der Waals surface area contributed by atoms with Crippen molar-refractivity contribution in [3.63, 3.8) is 0 Å². The van der Waals surface area contributed by atoms with E-state index in [9.17, 15) is 0 Å². The van der Waals surface area contributed by atoms with Crippen LogP contribution in [0, 0.1) is 0 Å². The Kier molecular flexibility index (Phi) is 5.31. The lowest BCUT2D eigenvalue weighted by molar-refractivity contribution is 0.565. The first-order chi connectivity index (χ1) is 9.74. The zero-order valence-corrected chi connectivity index (χ0v) is 12.7. The standard InChI is InChI=1S/C18H24N2/c1-4-15-8-10-17(11-9-15)14(3)20-13-18-16(5-2)7-6-12-19-18/h6-12,14,20H,4-5,13H2,1-3H3. The van der Waals surface area contributed by atoms with Crippen LogP contribution in [0.5, 0.6) is 0 Å². The van der Waals surface area contributed by atoms with Gasteiger partial charge in [-0.1, -0.05) is 44.2 Å². The van der Waals surface area contributed by atoms with Crippen molar-refractivity contribution in [1.29, 1.82) is 0 Å². The predicted molar refractivity (Wildman–Crippen MR) is 84.7 cm³/mol. The van der Waals surface area contributed by atoms with E-state index in [4.69, 9.17) is 0 Å². The van der Waals surface area contributed by atoms with Gasteiger partial charge in [-0.3, -0.25) is 4.98 Å². The lowest BCUT2D eigenvalue weighted by Crippen LogP contribution is -2.19. The molecule has 2 nitrogen and oxygen atoms in total. The Morgan fingerprint density at radius 2 is 1.80 bits per heavy atom. The van der Waals surface area contributed by atoms with Crippen LogP contribution >= 0.6 is 0 Å². The van der Waals surface area contributed by atoms with Crippen LogP contribution in [-0.2, 0) is 19.4 Å². The van der Waals surface area contributed by atoms with Gasteiger partial charge in [0.2, 0.25) is 0 Å². The highest BCUT2D eigenvalue weighted by molar-refractivity contribution is 5.25. The van der Waals surface area contributed by atoms with Crippen LogP contribution in [0.2, 0.25) is 0 Å². The summed E-state index contributed by atoms with van der Waals surface area (Å²) in [6, 6.07) is 13.4. The molecule has 0 saturated heterocycles. The maximum atomic E-state index is 4.48. The first-order valence-corrected chi connectivity index (χ1v) is 7.49. The summed E-state index contributed by atoms with van der Waals surface area (Å²) in [5, 5.41) is 3.56. The van der Waals surface area contributed by atoms with Crippen LogP contribution in [0.4, 0.5) is 0 Å². The zero-order valence-electron chi connectivity index (χ0n) is 12.7. The fourth-order valence-corrected chi connectivity index (χ4v) is 2.36. The summed E-state index contributed by atoms with van der Waals surface area (Å²) in [6.45, 7) is 7.38. The van der Waals surface area contributed by atoms with E-state index in [2.05, 4.69) is 61.4 Å². The Morgan fingerprint density at radius 1 is 1.05 bits per heavy atom. The Balaban J connectivity index is 1.98. The third-order valence-corrected chi connectivity index (χ3v) is 3.83. The highest BCUT2D eigenvalue weighted by Gasteiger charge is 2.07. The Labute approximate surface area is 122 Å². The minimum absolute atomic E-state index is 0.340. The van der Waals surface area contributed by atoms with Crippen molar-refractivity contribution in [3.8, 4) is 0 Å². The lowest BCUT2D eigenvalue weighted by Gasteiger charge is -2.15. The molecule has 1 unspecified atom stereocenters. The van der Waals surface area contributed by atoms with Crippen molar-refractivity contribution in [2.75, 3.05) is 0 Å². The molecule has 0 spiro atoms. The molecule has 106 valence electrons. The molecular formula is C18H24N2. The third-order valence-electron chi connectivity index (χ3n) is 3.83. The SMILES string of the molecule is CCc1ccc(C(C)NCc2ncccc2CC)cc1. The molecule has 20 heavy (non-hydrogen) atoms. The lowest BCUT2D eigenvalue weighted by atomic mass is 10.0. The predicted octanol–water partition coefficient (Wildman–Crippen LogP) is 4.06. The molecule has 0 aliphatic rings. The van der Waals surface area contributed by atoms with E-state index in [1.165, 1.54) is 16.7 Å². The van der Waals surface area contributed by atoms with Gasteiger partial charge >= 0.3 is 0 Å². The van der Waals surface area contributed by atoms with Crippen LogP contribution in [0.15, 0.2) is 42.6 Å². The van der Waals surface area contributed by atoms with E-state index in [1.807, 2.05) is 12.3 Å². The van der Waals surface area contributed by atoms with Crippen molar-refractivity contribution >= 4 is 0 Å². The molecule has 0 fully saturated rings. The third kappa shape index (κ3) is 3.67. The number of hydrogen-bond donors (Lipinski definition) is 1. The molecule has 1 N–H and O–H groups in total. The smallest absolute Gasteiger partial charge is 0.0573 e. The first-order valence-electron chi connectivity index (χ1n) is 7.49. The number of pyridine rings is 1. The normalized spacial score (nSPS) is 12.3. The van der Waals surface area contributed by atoms with Crippen LogP contribution in [0.1, 0.15) is 49.2 Å². The van der Waals surface area contributed by atoms with E-state index in [0.717, 1.165) is 25.1 Å². The number of nitrogens with zero attached hydrogens (tertiary/aromatic N) is 1. The largest absolute Gasteiger partial charge is 0.305 e. The minimum atomic E-state index is 0.340. The summed E-state index contributed by atoms with van der Waals surface area (Å²) in [4.78, 5) is 4.48. The fraction of sp³-hybridized carbons (Fsp3) is 0.389. The summed E-state index contributed by atoms with van der Waals surface area (Å²) in [6.07, 6.45) is 4.00. The first kappa shape index (κ1) is 14.7. The quantitative estimate of drug-likeness (QED) is 0.854. The summed E-state index contributed by atoms with van der Waals surface area (Å²) in [7, 11) is 0.